The fraction of sp³-hybridized carbons (Fsp3) is 0.727. The second kappa shape index (κ2) is 7.04. The molecule has 0 aliphatic carbocycles. The molecule has 23 heavy (non-hydrogen) atoms. The maximum absolute atomic E-state index is 11.6. The number of nitrogens with two attached hydrogens (primary N) is 1. The molecule has 0 radical (unpaired) electrons. The van der Waals surface area contributed by atoms with Gasteiger partial charge < -0.3 is 30.1 Å². The van der Waals surface area contributed by atoms with Gasteiger partial charge >= 0.3 is 7.60 Å². The summed E-state index contributed by atoms with van der Waals surface area (Å²) < 4.78 is 22.9. The van der Waals surface area contributed by atoms with Crippen LogP contribution in [-0.2, 0) is 13.8 Å². The van der Waals surface area contributed by atoms with Crippen molar-refractivity contribution in [3.8, 4) is 0 Å². The fourth-order valence-corrected chi connectivity index (χ4v) is 3.37. The molecule has 11 nitrogen and oxygen atoms in total. The molecule has 130 valence electrons. The second-order valence-corrected chi connectivity index (χ2v) is 7.01. The molecule has 12 heteroatoms. The smallest absolute Gasteiger partial charge is 0.328 e. The number of carbonyl (C=O) groups excluding carboxylic acids is 1. The van der Waals surface area contributed by atoms with Crippen LogP contribution in [0.25, 0.3) is 0 Å². The highest BCUT2D eigenvalue weighted by molar-refractivity contribution is 7.52. The number of amides is 1. The zero-order valence-corrected chi connectivity index (χ0v) is 13.2. The first-order chi connectivity index (χ1) is 10.7. The highest BCUT2D eigenvalue weighted by Gasteiger charge is 2.44. The minimum absolute atomic E-state index is 0.000121. The molecule has 5 atom stereocenters. The number of aromatic nitrogens is 3. The summed E-state index contributed by atoms with van der Waals surface area (Å²) in [5, 5.41) is 23.8. The average Bonchev–Trinajstić information content (AvgIpc) is 3.04. The highest BCUT2D eigenvalue weighted by Crippen LogP contribution is 2.44. The van der Waals surface area contributed by atoms with Gasteiger partial charge in [0.15, 0.2) is 6.23 Å². The lowest BCUT2D eigenvalue weighted by atomic mass is 10.1. The molecule has 5 N–H and O–H groups in total. The molecule has 1 aliphatic heterocycles. The lowest BCUT2D eigenvalue weighted by Gasteiger charge is -2.16. The molecular formula is C11H19N4O7P. The van der Waals surface area contributed by atoms with Crippen LogP contribution in [-0.4, -0.2) is 66.9 Å². The van der Waals surface area contributed by atoms with Crippen molar-refractivity contribution in [3.05, 3.63) is 12.2 Å². The monoisotopic (exact) mass is 350 g/mol. The molecule has 1 aromatic rings. The van der Waals surface area contributed by atoms with Crippen molar-refractivity contribution in [1.82, 2.24) is 14.8 Å². The molecule has 1 amide bonds. The van der Waals surface area contributed by atoms with Gasteiger partial charge in [0.25, 0.3) is 5.91 Å². The predicted octanol–water partition coefficient (Wildman–Crippen LogP) is -1.39. The number of carbonyl (C=O) groups is 1. The zero-order chi connectivity index (χ0) is 17.2. The first kappa shape index (κ1) is 18.0. The molecular weight excluding hydrogens is 331 g/mol. The van der Waals surface area contributed by atoms with Crippen LogP contribution >= 0.6 is 7.60 Å². The Bertz CT molecular complexity index is 609. The predicted molar refractivity (Wildman–Crippen MR) is 75.4 cm³/mol. The summed E-state index contributed by atoms with van der Waals surface area (Å²) >= 11 is 0. The Kier molecular flexibility index (Phi) is 5.50. The summed E-state index contributed by atoms with van der Waals surface area (Å²) in [6.07, 6.45) is -3.69. The van der Waals surface area contributed by atoms with Crippen LogP contribution in [0.5, 0.6) is 0 Å². The van der Waals surface area contributed by atoms with Gasteiger partial charge in [0, 0.05) is 0 Å². The summed E-state index contributed by atoms with van der Waals surface area (Å²) in [6, 6.07) is 0. The molecule has 0 bridgehead atoms. The number of primary amides is 1. The minimum atomic E-state index is -3.76. The summed E-state index contributed by atoms with van der Waals surface area (Å²) in [6.45, 7) is 1.67. The van der Waals surface area contributed by atoms with E-state index in [0.29, 0.717) is 0 Å². The number of aliphatic hydroxyl groups is 2. The van der Waals surface area contributed by atoms with Crippen LogP contribution in [0.4, 0.5) is 0 Å². The number of ether oxygens (including phenoxy) is 1. The highest BCUT2D eigenvalue weighted by atomic mass is 31.2. The van der Waals surface area contributed by atoms with Crippen molar-refractivity contribution in [2.45, 2.75) is 37.9 Å². The molecule has 0 aromatic carbocycles. The van der Waals surface area contributed by atoms with Crippen LogP contribution in [0.2, 0.25) is 0 Å². The van der Waals surface area contributed by atoms with Gasteiger partial charge in [-0.25, -0.2) is 9.67 Å². The summed E-state index contributed by atoms with van der Waals surface area (Å²) in [5.74, 6) is -1.10. The number of hydrogen-bond donors (Lipinski definition) is 4. The van der Waals surface area contributed by atoms with Gasteiger partial charge in [-0.1, -0.05) is 0 Å². The van der Waals surface area contributed by atoms with E-state index in [1.54, 1.807) is 6.92 Å². The maximum atomic E-state index is 11.6. The molecule has 2 heterocycles. The van der Waals surface area contributed by atoms with Gasteiger partial charge in [-0.3, -0.25) is 9.36 Å². The molecule has 2 rings (SSSR count). The van der Waals surface area contributed by atoms with Crippen molar-refractivity contribution in [1.29, 1.82) is 0 Å². The lowest BCUT2D eigenvalue weighted by Crippen LogP contribution is -2.32. The summed E-state index contributed by atoms with van der Waals surface area (Å²) in [5.41, 5.74) is 5.04. The maximum Gasteiger partial charge on any atom is 0.328 e. The van der Waals surface area contributed by atoms with E-state index in [-0.39, 0.29) is 25.0 Å². The van der Waals surface area contributed by atoms with E-state index in [1.165, 1.54) is 0 Å². The van der Waals surface area contributed by atoms with E-state index in [0.717, 1.165) is 11.0 Å². The number of aliphatic hydroxyl groups excluding tert-OH is 2. The van der Waals surface area contributed by atoms with Crippen molar-refractivity contribution in [2.75, 3.05) is 12.8 Å². The first-order valence-corrected chi connectivity index (χ1v) is 8.70. The van der Waals surface area contributed by atoms with Gasteiger partial charge in [0.05, 0.1) is 18.9 Å². The minimum Gasteiger partial charge on any atom is -0.388 e. The Hall–Kier alpha value is -1.36. The average molecular weight is 350 g/mol. The second-order valence-electron chi connectivity index (χ2n) is 5.03. The van der Waals surface area contributed by atoms with Gasteiger partial charge in [0.2, 0.25) is 5.82 Å². The Morgan fingerprint density at radius 2 is 2.22 bits per heavy atom. The molecule has 1 aromatic heterocycles. The number of hydrogen-bond acceptors (Lipinski definition) is 8. The quantitative estimate of drug-likeness (QED) is 0.432. The van der Waals surface area contributed by atoms with E-state index in [4.69, 9.17) is 15.0 Å². The number of nitrogens with zero attached hydrogens (tertiary/aromatic N) is 3. The van der Waals surface area contributed by atoms with E-state index in [2.05, 4.69) is 10.1 Å². The van der Waals surface area contributed by atoms with Crippen molar-refractivity contribution < 1.29 is 33.7 Å². The van der Waals surface area contributed by atoms with Crippen molar-refractivity contribution in [2.24, 2.45) is 5.73 Å². The summed E-state index contributed by atoms with van der Waals surface area (Å²) in [4.78, 5) is 24.2. The molecule has 1 saturated heterocycles. The molecule has 0 saturated carbocycles. The lowest BCUT2D eigenvalue weighted by molar-refractivity contribution is -0.0452. The van der Waals surface area contributed by atoms with Crippen molar-refractivity contribution >= 4 is 13.5 Å². The third kappa shape index (κ3) is 4.14. The van der Waals surface area contributed by atoms with Crippen LogP contribution in [0.15, 0.2) is 6.33 Å². The largest absolute Gasteiger partial charge is 0.388 e. The van der Waals surface area contributed by atoms with Gasteiger partial charge in [-0.2, -0.15) is 0 Å². The fourth-order valence-electron chi connectivity index (χ4n) is 2.25. The van der Waals surface area contributed by atoms with Crippen LogP contribution in [0, 0.1) is 0 Å². The van der Waals surface area contributed by atoms with Gasteiger partial charge in [-0.05, 0) is 13.3 Å². The Balaban J connectivity index is 2.03. The topological polar surface area (TPSA) is 170 Å². The molecule has 0 spiro atoms. The first-order valence-electron chi connectivity index (χ1n) is 6.94. The van der Waals surface area contributed by atoms with E-state index >= 15 is 0 Å². The Labute approximate surface area is 131 Å². The molecule has 2 unspecified atom stereocenters. The Morgan fingerprint density at radius 3 is 2.78 bits per heavy atom. The third-order valence-electron chi connectivity index (χ3n) is 3.35. The van der Waals surface area contributed by atoms with Crippen molar-refractivity contribution in [3.63, 3.8) is 0 Å². The normalized spacial score (nSPS) is 30.3. The SMILES string of the molecule is CCOP(=O)(O)CC[C@H]1OC(n2cnc(C(N)=O)n2)[C@H](O)[C@@H]1O. The van der Waals surface area contributed by atoms with Gasteiger partial charge in [-0.15, -0.1) is 5.10 Å². The standard InChI is InChI=1S/C11H19N4O7P/c1-2-21-23(19,20)4-3-6-7(16)8(17)11(22-6)15-5-13-10(14-15)9(12)18/h5-8,11,16-17H,2-4H2,1H3,(H2,12,18)(H,19,20)/t6-,7-,8-,11?/m1/s1. The van der Waals surface area contributed by atoms with E-state index in [9.17, 15) is 24.5 Å². The molecule has 1 aliphatic rings. The number of rotatable bonds is 7. The van der Waals surface area contributed by atoms with Crippen LogP contribution < -0.4 is 5.73 Å². The van der Waals surface area contributed by atoms with Crippen LogP contribution in [0.1, 0.15) is 30.2 Å². The third-order valence-corrected chi connectivity index (χ3v) is 4.84. The van der Waals surface area contributed by atoms with Gasteiger partial charge in [0.1, 0.15) is 18.5 Å². The van der Waals surface area contributed by atoms with Crippen LogP contribution in [0.3, 0.4) is 0 Å². The van der Waals surface area contributed by atoms with E-state index in [1.807, 2.05) is 0 Å². The molecule has 1 fully saturated rings. The Morgan fingerprint density at radius 1 is 1.52 bits per heavy atom. The van der Waals surface area contributed by atoms with E-state index < -0.39 is 38.0 Å². The summed E-state index contributed by atoms with van der Waals surface area (Å²) in [7, 11) is -3.76. The zero-order valence-electron chi connectivity index (χ0n) is 12.3.